The molecule has 0 saturated heterocycles. The van der Waals surface area contributed by atoms with Crippen LogP contribution in [-0.2, 0) is 39.3 Å². The summed E-state index contributed by atoms with van der Waals surface area (Å²) in [6.07, 6.45) is -2.88. The summed E-state index contributed by atoms with van der Waals surface area (Å²) >= 11 is 0. The summed E-state index contributed by atoms with van der Waals surface area (Å²) in [6, 6.07) is 7.70. The van der Waals surface area contributed by atoms with Crippen molar-refractivity contribution in [3.63, 3.8) is 0 Å². The Morgan fingerprint density at radius 2 is 1.92 bits per heavy atom. The van der Waals surface area contributed by atoms with Gasteiger partial charge in [0.2, 0.25) is 0 Å². The van der Waals surface area contributed by atoms with Crippen molar-refractivity contribution < 1.29 is 55.0 Å². The van der Waals surface area contributed by atoms with Crippen LogP contribution in [0.15, 0.2) is 29.1 Å². The second-order valence-corrected chi connectivity index (χ2v) is 4.37. The molecule has 1 aromatic heterocycles. The quantitative estimate of drug-likeness (QED) is 0.559. The second-order valence-electron chi connectivity index (χ2n) is 4.37. The number of alkyl halides is 2. The van der Waals surface area contributed by atoms with Gasteiger partial charge in [0.25, 0.3) is 6.43 Å². The van der Waals surface area contributed by atoms with Crippen molar-refractivity contribution in [2.45, 2.75) is 13.0 Å². The monoisotopic (exact) mass is 414 g/mol. The van der Waals surface area contributed by atoms with E-state index in [4.69, 9.17) is 10.00 Å². The number of rotatable bonds is 5. The molecule has 2 rings (SSSR count). The number of hydrogen-bond acceptors (Lipinski definition) is 3. The van der Waals surface area contributed by atoms with E-state index in [0.29, 0.717) is 4.57 Å². The van der Waals surface area contributed by atoms with Crippen LogP contribution in [0.3, 0.4) is 0 Å². The summed E-state index contributed by atoms with van der Waals surface area (Å²) in [5.74, 6) is -2.48. The molecule has 0 atom stereocenters. The molecule has 0 aliphatic rings. The molecule has 0 spiro atoms. The predicted octanol–water partition coefficient (Wildman–Crippen LogP) is 2.76. The maximum atomic E-state index is 14.1. The third-order valence-electron chi connectivity index (χ3n) is 2.86. The molecule has 2 aromatic rings. The molecule has 4 nitrogen and oxygen atoms in total. The zero-order valence-electron chi connectivity index (χ0n) is 12.1. The van der Waals surface area contributed by atoms with Crippen molar-refractivity contribution in [3.05, 3.63) is 52.3 Å². The van der Waals surface area contributed by atoms with Gasteiger partial charge in [-0.05, 0) is 5.56 Å². The van der Waals surface area contributed by atoms with Crippen molar-refractivity contribution >= 4 is 0 Å². The molecule has 0 fully saturated rings. The van der Waals surface area contributed by atoms with E-state index in [1.54, 1.807) is 6.07 Å². The summed E-state index contributed by atoms with van der Waals surface area (Å²) in [6.45, 7) is -1.43. The second kappa shape index (κ2) is 8.95. The van der Waals surface area contributed by atoms with Gasteiger partial charge in [-0.1, -0.05) is 11.8 Å². The van der Waals surface area contributed by atoms with Gasteiger partial charge in [-0.2, -0.15) is 17.4 Å². The Labute approximate surface area is 159 Å². The van der Waals surface area contributed by atoms with E-state index in [1.807, 2.05) is 0 Å². The van der Waals surface area contributed by atoms with Crippen molar-refractivity contribution in [1.29, 1.82) is 5.26 Å². The van der Waals surface area contributed by atoms with Gasteiger partial charge in [0, 0.05) is 44.8 Å². The van der Waals surface area contributed by atoms with Gasteiger partial charge in [-0.15, -0.1) is 0 Å². The van der Waals surface area contributed by atoms with Crippen molar-refractivity contribution in [3.8, 4) is 23.1 Å². The third kappa shape index (κ3) is 4.65. The number of hydrogen-bond donors (Lipinski definition) is 0. The van der Waals surface area contributed by atoms with Crippen LogP contribution in [0.5, 0.6) is 5.75 Å². The van der Waals surface area contributed by atoms with Gasteiger partial charge in [-0.3, -0.25) is 4.79 Å². The van der Waals surface area contributed by atoms with Crippen molar-refractivity contribution in [1.82, 2.24) is 4.57 Å². The average molecular weight is 414 g/mol. The maximum Gasteiger partial charge on any atom is 0.256 e. The molecule has 0 saturated carbocycles. The fraction of sp³-hybridized carbons (Fsp3) is 0.200. The number of halogens is 4. The Morgan fingerprint density at radius 3 is 2.46 bits per heavy atom. The van der Waals surface area contributed by atoms with E-state index in [0.717, 1.165) is 24.3 Å². The molecule has 123 valence electrons. The minimum atomic E-state index is -2.88. The number of ether oxygens (including phenoxy) is 1. The van der Waals surface area contributed by atoms with Gasteiger partial charge >= 0.3 is 0 Å². The first-order valence-electron chi connectivity index (χ1n) is 6.33. The zero-order chi connectivity index (χ0) is 17.0. The molecular formula is C15H9F4N2O2Y-. The van der Waals surface area contributed by atoms with E-state index in [-0.39, 0.29) is 38.5 Å². The van der Waals surface area contributed by atoms with Crippen LogP contribution < -0.4 is 10.3 Å². The van der Waals surface area contributed by atoms with Gasteiger partial charge < -0.3 is 9.30 Å². The van der Waals surface area contributed by atoms with E-state index < -0.39 is 48.0 Å². The van der Waals surface area contributed by atoms with Gasteiger partial charge in [0.1, 0.15) is 11.8 Å². The summed E-state index contributed by atoms with van der Waals surface area (Å²) in [5.41, 5.74) is -1.94. The summed E-state index contributed by atoms with van der Waals surface area (Å²) < 4.78 is 58.8. The normalized spacial score (nSPS) is 10.2. The third-order valence-corrected chi connectivity index (χ3v) is 2.86. The first-order valence-corrected chi connectivity index (χ1v) is 6.33. The zero-order valence-corrected chi connectivity index (χ0v) is 14.9. The number of nitrogens with zero attached hydrogens (tertiary/aromatic N) is 2. The number of pyridine rings is 1. The van der Waals surface area contributed by atoms with Crippen LogP contribution in [0.2, 0.25) is 0 Å². The first-order chi connectivity index (χ1) is 10.9. The van der Waals surface area contributed by atoms with E-state index in [9.17, 15) is 22.4 Å². The van der Waals surface area contributed by atoms with Gasteiger partial charge in [-0.25, -0.2) is 17.6 Å². The molecule has 1 aromatic carbocycles. The Kier molecular flexibility index (Phi) is 7.58. The standard InChI is InChI=1S/C15H9F4N2O2.Y/c16-10-6-9(23-5-4-20)7-11(17)15(10)12-2-1-3-14(22)21(12)8-13(18)19;/h1,3,6-7,13H,5,8H2;/q-1;. The number of nitriles is 1. The minimum Gasteiger partial charge on any atom is -0.479 e. The first kappa shape index (κ1) is 20.3. The molecule has 1 heterocycles. The number of benzene rings is 1. The van der Waals surface area contributed by atoms with Gasteiger partial charge in [0.05, 0.1) is 18.2 Å². The van der Waals surface area contributed by atoms with Crippen LogP contribution >= 0.6 is 0 Å². The van der Waals surface area contributed by atoms with Crippen molar-refractivity contribution in [2.75, 3.05) is 6.61 Å². The van der Waals surface area contributed by atoms with E-state index >= 15 is 0 Å². The number of aromatic nitrogens is 1. The topological polar surface area (TPSA) is 55.0 Å². The van der Waals surface area contributed by atoms with Crippen molar-refractivity contribution in [2.24, 2.45) is 0 Å². The maximum absolute atomic E-state index is 14.1. The summed E-state index contributed by atoms with van der Waals surface area (Å²) in [7, 11) is 0. The molecule has 0 bridgehead atoms. The Balaban J connectivity index is 0.00000288. The Morgan fingerprint density at radius 1 is 1.29 bits per heavy atom. The predicted molar refractivity (Wildman–Crippen MR) is 72.0 cm³/mol. The van der Waals surface area contributed by atoms with Crippen LogP contribution in [0.25, 0.3) is 11.3 Å². The SMILES string of the molecule is N#CCOc1cc(F)c(-c2[c-]ccc(=O)n2CC(F)F)c(F)c1.[Y]. The molecule has 24 heavy (non-hydrogen) atoms. The van der Waals surface area contributed by atoms with Crippen LogP contribution in [-0.4, -0.2) is 17.6 Å². The molecule has 1 radical (unpaired) electrons. The summed E-state index contributed by atoms with van der Waals surface area (Å²) in [4.78, 5) is 11.7. The largest absolute Gasteiger partial charge is 0.479 e. The minimum absolute atomic E-state index is 0. The summed E-state index contributed by atoms with van der Waals surface area (Å²) in [5, 5.41) is 8.37. The average Bonchev–Trinajstić information content (AvgIpc) is 2.47. The fourth-order valence-corrected chi connectivity index (χ4v) is 1.97. The smallest absolute Gasteiger partial charge is 0.256 e. The molecular weight excluding hydrogens is 405 g/mol. The fourth-order valence-electron chi connectivity index (χ4n) is 1.97. The van der Waals surface area contributed by atoms with E-state index in [2.05, 4.69) is 6.07 Å². The van der Waals surface area contributed by atoms with E-state index in [1.165, 1.54) is 0 Å². The van der Waals surface area contributed by atoms with Crippen LogP contribution in [0, 0.1) is 29.0 Å². The Bertz CT molecular complexity index is 795. The van der Waals surface area contributed by atoms with Gasteiger partial charge in [0.15, 0.2) is 12.2 Å². The molecule has 0 N–H and O–H groups in total. The van der Waals surface area contributed by atoms with Crippen LogP contribution in [0.1, 0.15) is 0 Å². The molecule has 9 heteroatoms. The van der Waals surface area contributed by atoms with Crippen LogP contribution in [0.4, 0.5) is 17.6 Å². The molecule has 0 unspecified atom stereocenters. The molecule has 0 aliphatic heterocycles. The molecule has 0 aliphatic carbocycles. The Hall–Kier alpha value is -1.72. The molecule has 0 amide bonds.